The van der Waals surface area contributed by atoms with Crippen LogP contribution in [0.25, 0.3) is 0 Å². The van der Waals surface area contributed by atoms with Crippen molar-refractivity contribution in [2.45, 2.75) is 19.5 Å². The van der Waals surface area contributed by atoms with E-state index in [0.717, 1.165) is 5.56 Å². The summed E-state index contributed by atoms with van der Waals surface area (Å²) in [4.78, 5) is 0. The van der Waals surface area contributed by atoms with Crippen molar-refractivity contribution in [3.05, 3.63) is 35.4 Å². The lowest BCUT2D eigenvalue weighted by atomic mass is 10.1. The molecule has 0 saturated heterocycles. The Bertz CT molecular complexity index is 403. The Morgan fingerprint density at radius 1 is 1.56 bits per heavy atom. The second-order valence-electron chi connectivity index (χ2n) is 3.45. The van der Waals surface area contributed by atoms with E-state index < -0.39 is 0 Å². The van der Waals surface area contributed by atoms with Crippen LogP contribution in [-0.4, -0.2) is 17.1 Å². The van der Waals surface area contributed by atoms with Gasteiger partial charge in [-0.15, -0.1) is 6.42 Å². The minimum atomic E-state index is 0.0451. The number of nitrogens with zero attached hydrogens (tertiary/aromatic N) is 1. The van der Waals surface area contributed by atoms with E-state index in [2.05, 4.69) is 16.4 Å². The van der Waals surface area contributed by atoms with Crippen molar-refractivity contribution >= 4 is 5.84 Å². The van der Waals surface area contributed by atoms with Gasteiger partial charge in [0.25, 0.3) is 0 Å². The van der Waals surface area contributed by atoms with Gasteiger partial charge >= 0.3 is 0 Å². The van der Waals surface area contributed by atoms with Crippen LogP contribution in [-0.2, 0) is 6.54 Å². The molecule has 0 aromatic heterocycles. The Kier molecular flexibility index (Phi) is 4.37. The third-order valence-electron chi connectivity index (χ3n) is 2.22. The molecule has 0 radical (unpaired) electrons. The van der Waals surface area contributed by atoms with E-state index in [4.69, 9.17) is 17.4 Å². The second-order valence-corrected chi connectivity index (χ2v) is 3.45. The molecule has 1 unspecified atom stereocenters. The standard InChI is InChI=1S/C12H15N3O/c1-3-9(2)14-8-10-4-6-11(7-5-10)12(13)15-16/h1,4-7,9,14,16H,8H2,2H3,(H2,13,15). The maximum atomic E-state index is 8.49. The Morgan fingerprint density at radius 3 is 2.69 bits per heavy atom. The van der Waals surface area contributed by atoms with Gasteiger partial charge in [-0.1, -0.05) is 35.3 Å². The molecule has 0 aliphatic rings. The quantitative estimate of drug-likeness (QED) is 0.231. The maximum absolute atomic E-state index is 8.49. The van der Waals surface area contributed by atoms with Gasteiger partial charge in [-0.25, -0.2) is 0 Å². The normalized spacial score (nSPS) is 13.1. The highest BCUT2D eigenvalue weighted by Gasteiger charge is 2.00. The van der Waals surface area contributed by atoms with Crippen LogP contribution >= 0.6 is 0 Å². The fourth-order valence-corrected chi connectivity index (χ4v) is 1.18. The summed E-state index contributed by atoms with van der Waals surface area (Å²) in [5, 5.41) is 14.6. The molecule has 0 saturated carbocycles. The summed E-state index contributed by atoms with van der Waals surface area (Å²) in [5.74, 6) is 2.70. The average Bonchev–Trinajstić information content (AvgIpc) is 2.35. The Hall–Kier alpha value is -1.99. The number of nitrogens with one attached hydrogen (secondary N) is 1. The first kappa shape index (κ1) is 12.1. The Labute approximate surface area is 95.2 Å². The van der Waals surface area contributed by atoms with Crippen LogP contribution in [0.3, 0.4) is 0 Å². The first-order chi connectivity index (χ1) is 7.67. The molecule has 0 spiro atoms. The van der Waals surface area contributed by atoms with E-state index in [-0.39, 0.29) is 11.9 Å². The zero-order valence-corrected chi connectivity index (χ0v) is 9.14. The van der Waals surface area contributed by atoms with Crippen molar-refractivity contribution in [3.8, 4) is 12.3 Å². The minimum absolute atomic E-state index is 0.0451. The van der Waals surface area contributed by atoms with E-state index in [9.17, 15) is 0 Å². The molecule has 0 fully saturated rings. The minimum Gasteiger partial charge on any atom is -0.409 e. The van der Waals surface area contributed by atoms with Crippen LogP contribution in [0.5, 0.6) is 0 Å². The lowest BCUT2D eigenvalue weighted by molar-refractivity contribution is 0.318. The average molecular weight is 217 g/mol. The summed E-state index contributed by atoms with van der Waals surface area (Å²) in [7, 11) is 0. The van der Waals surface area contributed by atoms with Gasteiger partial charge in [0, 0.05) is 12.1 Å². The molecular weight excluding hydrogens is 202 g/mol. The van der Waals surface area contributed by atoms with E-state index in [1.165, 1.54) is 0 Å². The second kappa shape index (κ2) is 5.79. The molecule has 1 rings (SSSR count). The molecule has 1 aromatic rings. The van der Waals surface area contributed by atoms with Gasteiger partial charge in [0.05, 0.1) is 6.04 Å². The van der Waals surface area contributed by atoms with Crippen LogP contribution in [0.4, 0.5) is 0 Å². The lowest BCUT2D eigenvalue weighted by Crippen LogP contribution is -2.23. The molecule has 16 heavy (non-hydrogen) atoms. The zero-order valence-electron chi connectivity index (χ0n) is 9.14. The number of hydrogen-bond donors (Lipinski definition) is 3. The first-order valence-electron chi connectivity index (χ1n) is 4.93. The van der Waals surface area contributed by atoms with Crippen LogP contribution in [0.15, 0.2) is 29.4 Å². The smallest absolute Gasteiger partial charge is 0.170 e. The molecule has 4 nitrogen and oxygen atoms in total. The van der Waals surface area contributed by atoms with Crippen molar-refractivity contribution < 1.29 is 5.21 Å². The van der Waals surface area contributed by atoms with E-state index in [1.54, 1.807) is 12.1 Å². The van der Waals surface area contributed by atoms with E-state index in [1.807, 2.05) is 19.1 Å². The number of nitrogens with two attached hydrogens (primary N) is 1. The summed E-state index contributed by atoms with van der Waals surface area (Å²) in [5.41, 5.74) is 7.23. The molecule has 1 aromatic carbocycles. The number of amidine groups is 1. The molecular formula is C12H15N3O. The Morgan fingerprint density at radius 2 is 2.19 bits per heavy atom. The van der Waals surface area contributed by atoms with Crippen LogP contribution in [0.1, 0.15) is 18.1 Å². The molecule has 84 valence electrons. The maximum Gasteiger partial charge on any atom is 0.170 e. The van der Waals surface area contributed by atoms with Gasteiger partial charge in [-0.2, -0.15) is 0 Å². The van der Waals surface area contributed by atoms with Crippen molar-refractivity contribution in [1.29, 1.82) is 0 Å². The van der Waals surface area contributed by atoms with Gasteiger partial charge in [0.15, 0.2) is 5.84 Å². The summed E-state index contributed by atoms with van der Waals surface area (Å²) >= 11 is 0. The molecule has 0 aliphatic heterocycles. The van der Waals surface area contributed by atoms with Gasteiger partial charge in [0.1, 0.15) is 0 Å². The molecule has 1 atom stereocenters. The SMILES string of the molecule is C#CC(C)NCc1ccc(/C(N)=N/O)cc1. The van der Waals surface area contributed by atoms with Crippen LogP contribution in [0.2, 0.25) is 0 Å². The summed E-state index contributed by atoms with van der Waals surface area (Å²) < 4.78 is 0. The third-order valence-corrected chi connectivity index (χ3v) is 2.22. The predicted octanol–water partition coefficient (Wildman–Crippen LogP) is 0.892. The van der Waals surface area contributed by atoms with Gasteiger partial charge in [-0.05, 0) is 12.5 Å². The third kappa shape index (κ3) is 3.30. The molecule has 0 heterocycles. The number of rotatable bonds is 4. The van der Waals surface area contributed by atoms with Crippen molar-refractivity contribution in [3.63, 3.8) is 0 Å². The molecule has 0 aliphatic carbocycles. The van der Waals surface area contributed by atoms with Gasteiger partial charge in [0.2, 0.25) is 0 Å². The van der Waals surface area contributed by atoms with Gasteiger partial charge in [-0.3, -0.25) is 5.32 Å². The highest BCUT2D eigenvalue weighted by atomic mass is 16.4. The van der Waals surface area contributed by atoms with E-state index in [0.29, 0.717) is 12.1 Å². The predicted molar refractivity (Wildman–Crippen MR) is 64.1 cm³/mol. The monoisotopic (exact) mass is 217 g/mol. The lowest BCUT2D eigenvalue weighted by Gasteiger charge is -2.07. The van der Waals surface area contributed by atoms with Crippen LogP contribution in [0, 0.1) is 12.3 Å². The number of oxime groups is 1. The zero-order chi connectivity index (χ0) is 12.0. The molecule has 4 N–H and O–H groups in total. The van der Waals surface area contributed by atoms with Crippen molar-refractivity contribution in [2.24, 2.45) is 10.9 Å². The number of hydrogen-bond acceptors (Lipinski definition) is 3. The number of benzene rings is 1. The topological polar surface area (TPSA) is 70.6 Å². The number of terminal acetylenes is 1. The summed E-state index contributed by atoms with van der Waals surface area (Å²) in [6.45, 7) is 2.62. The fraction of sp³-hybridized carbons (Fsp3) is 0.250. The first-order valence-corrected chi connectivity index (χ1v) is 4.93. The molecule has 0 amide bonds. The van der Waals surface area contributed by atoms with Gasteiger partial charge < -0.3 is 10.9 Å². The summed E-state index contributed by atoms with van der Waals surface area (Å²) in [6, 6.07) is 7.45. The van der Waals surface area contributed by atoms with E-state index >= 15 is 0 Å². The molecule has 4 heteroatoms. The molecule has 0 bridgehead atoms. The Balaban J connectivity index is 2.62. The van der Waals surface area contributed by atoms with Crippen molar-refractivity contribution in [2.75, 3.05) is 0 Å². The largest absolute Gasteiger partial charge is 0.409 e. The highest BCUT2D eigenvalue weighted by molar-refractivity contribution is 5.96. The summed E-state index contributed by atoms with van der Waals surface area (Å²) in [6.07, 6.45) is 5.25. The van der Waals surface area contributed by atoms with Crippen molar-refractivity contribution in [1.82, 2.24) is 5.32 Å². The highest BCUT2D eigenvalue weighted by Crippen LogP contribution is 2.04. The van der Waals surface area contributed by atoms with Crippen LogP contribution < -0.4 is 11.1 Å². The fourth-order valence-electron chi connectivity index (χ4n) is 1.18.